The second kappa shape index (κ2) is 7.50. The number of hydroxylamine groups is 1. The second-order valence-electron chi connectivity index (χ2n) is 3.84. The summed E-state index contributed by atoms with van der Waals surface area (Å²) in [4.78, 5) is 23.9. The molecule has 1 aromatic carbocycles. The number of nitro benzene ring substituents is 2. The molecule has 0 aromatic heterocycles. The molecule has 0 aliphatic heterocycles. The highest BCUT2D eigenvalue weighted by Crippen LogP contribution is 2.30. The van der Waals surface area contributed by atoms with E-state index in [0.29, 0.717) is 5.57 Å². The van der Waals surface area contributed by atoms with E-state index in [1.807, 2.05) is 5.48 Å². The van der Waals surface area contributed by atoms with Crippen LogP contribution in [0.1, 0.15) is 6.92 Å². The number of rotatable bonds is 6. The molecule has 0 saturated carbocycles. The van der Waals surface area contributed by atoms with Gasteiger partial charge >= 0.3 is 5.69 Å². The van der Waals surface area contributed by atoms with Gasteiger partial charge < -0.3 is 0 Å². The van der Waals surface area contributed by atoms with Gasteiger partial charge in [-0.05, 0) is 24.6 Å². The van der Waals surface area contributed by atoms with Gasteiger partial charge in [0.15, 0.2) is 0 Å². The van der Waals surface area contributed by atoms with Crippen molar-refractivity contribution in [2.24, 2.45) is 4.99 Å². The number of hydrogen-bond acceptors (Lipinski definition) is 7. The van der Waals surface area contributed by atoms with E-state index in [1.54, 1.807) is 13.0 Å². The van der Waals surface area contributed by atoms with Gasteiger partial charge in [0.2, 0.25) is 0 Å². The summed E-state index contributed by atoms with van der Waals surface area (Å²) in [6.07, 6.45) is 5.75. The average molecular weight is 292 g/mol. The first kappa shape index (κ1) is 16.0. The van der Waals surface area contributed by atoms with E-state index in [4.69, 9.17) is 5.21 Å². The molecule has 0 unspecified atom stereocenters. The van der Waals surface area contributed by atoms with Gasteiger partial charge in [-0.2, -0.15) is 0 Å². The molecule has 2 N–H and O–H groups in total. The van der Waals surface area contributed by atoms with Crippen LogP contribution in [0.25, 0.3) is 0 Å². The molecule has 0 aliphatic carbocycles. The predicted molar refractivity (Wildman–Crippen MR) is 75.7 cm³/mol. The number of nitrogens with zero attached hydrogens (tertiary/aromatic N) is 3. The van der Waals surface area contributed by atoms with E-state index in [2.05, 4.69) is 4.99 Å². The fourth-order valence-electron chi connectivity index (χ4n) is 1.35. The van der Waals surface area contributed by atoms with Gasteiger partial charge in [-0.3, -0.25) is 30.9 Å². The lowest BCUT2D eigenvalue weighted by molar-refractivity contribution is -0.393. The van der Waals surface area contributed by atoms with Crippen molar-refractivity contribution in [1.82, 2.24) is 5.48 Å². The fraction of sp³-hybridized carbons (Fsp3) is 0.0833. The molecule has 0 spiro atoms. The summed E-state index contributed by atoms with van der Waals surface area (Å²) >= 11 is 0. The molecule has 1 aromatic rings. The van der Waals surface area contributed by atoms with Crippen LogP contribution in [0.3, 0.4) is 0 Å². The first-order chi connectivity index (χ1) is 9.95. The summed E-state index contributed by atoms with van der Waals surface area (Å²) in [6.45, 7) is 1.71. The number of hydrogen-bond donors (Lipinski definition) is 2. The fourth-order valence-corrected chi connectivity index (χ4v) is 1.35. The molecule has 0 amide bonds. The number of allylic oxidation sites excluding steroid dienone is 3. The lowest BCUT2D eigenvalue weighted by Gasteiger charge is -1.97. The standard InChI is InChI=1S/C12H12N4O5/c1-9(8-14-17)3-2-6-13-11-5-4-10(15(18)19)7-12(11)16(20)21/h2-8,14,17H,1H3/b3-2+,9-8+,13-6?. The minimum atomic E-state index is -0.732. The van der Waals surface area contributed by atoms with Gasteiger partial charge in [-0.1, -0.05) is 6.08 Å². The monoisotopic (exact) mass is 292 g/mol. The number of aliphatic imine (C=N–C) groups is 1. The van der Waals surface area contributed by atoms with Crippen LogP contribution in [0.4, 0.5) is 17.1 Å². The predicted octanol–water partition coefficient (Wildman–Crippen LogP) is 2.64. The summed E-state index contributed by atoms with van der Waals surface area (Å²) in [6, 6.07) is 3.21. The number of nitro groups is 2. The van der Waals surface area contributed by atoms with E-state index >= 15 is 0 Å². The van der Waals surface area contributed by atoms with Crippen molar-refractivity contribution in [1.29, 1.82) is 0 Å². The molecule has 110 valence electrons. The Hall–Kier alpha value is -3.07. The van der Waals surface area contributed by atoms with Crippen LogP contribution < -0.4 is 5.48 Å². The molecule has 9 heteroatoms. The van der Waals surface area contributed by atoms with Crippen molar-refractivity contribution in [2.75, 3.05) is 0 Å². The number of non-ortho nitro benzene ring substituents is 1. The van der Waals surface area contributed by atoms with Crippen LogP contribution in [0.15, 0.2) is 47.1 Å². The first-order valence-electron chi connectivity index (χ1n) is 5.65. The topological polar surface area (TPSA) is 131 Å². The van der Waals surface area contributed by atoms with Crippen LogP contribution in [-0.4, -0.2) is 21.3 Å². The summed E-state index contributed by atoms with van der Waals surface area (Å²) in [5, 5.41) is 29.9. The molecule has 9 nitrogen and oxygen atoms in total. The van der Waals surface area contributed by atoms with Crippen LogP contribution in [0.2, 0.25) is 0 Å². The quantitative estimate of drug-likeness (QED) is 0.358. The third kappa shape index (κ3) is 4.84. The van der Waals surface area contributed by atoms with Crippen molar-refractivity contribution < 1.29 is 15.1 Å². The smallest absolute Gasteiger partial charge is 0.292 e. The molecule has 0 aliphatic rings. The third-order valence-corrected chi connectivity index (χ3v) is 2.32. The summed E-state index contributed by atoms with van der Waals surface area (Å²) < 4.78 is 0. The zero-order valence-corrected chi connectivity index (χ0v) is 11.0. The first-order valence-corrected chi connectivity index (χ1v) is 5.65. The maximum absolute atomic E-state index is 10.9. The lowest BCUT2D eigenvalue weighted by Crippen LogP contribution is -1.94. The van der Waals surface area contributed by atoms with Gasteiger partial charge in [-0.25, -0.2) is 4.99 Å². The Morgan fingerprint density at radius 2 is 2.05 bits per heavy atom. The van der Waals surface area contributed by atoms with Gasteiger partial charge in [0, 0.05) is 18.5 Å². The maximum Gasteiger partial charge on any atom is 0.301 e. The van der Waals surface area contributed by atoms with E-state index < -0.39 is 15.5 Å². The highest BCUT2D eigenvalue weighted by molar-refractivity contribution is 5.77. The van der Waals surface area contributed by atoms with Crippen LogP contribution >= 0.6 is 0 Å². The van der Waals surface area contributed by atoms with E-state index in [1.165, 1.54) is 24.6 Å². The Bertz CT molecular complexity index is 637. The highest BCUT2D eigenvalue weighted by Gasteiger charge is 2.18. The van der Waals surface area contributed by atoms with Gasteiger partial charge in [0.25, 0.3) is 5.69 Å². The Morgan fingerprint density at radius 3 is 2.62 bits per heavy atom. The normalized spacial score (nSPS) is 12.0. The van der Waals surface area contributed by atoms with Gasteiger partial charge in [-0.15, -0.1) is 0 Å². The Balaban J connectivity index is 3.00. The molecule has 0 atom stereocenters. The Labute approximate surface area is 119 Å². The summed E-state index contributed by atoms with van der Waals surface area (Å²) in [5.74, 6) is 0. The van der Waals surface area contributed by atoms with Crippen molar-refractivity contribution in [2.45, 2.75) is 6.92 Å². The number of nitrogens with one attached hydrogen (secondary N) is 1. The van der Waals surface area contributed by atoms with Crippen LogP contribution in [0.5, 0.6) is 0 Å². The SMILES string of the molecule is CC(/C=C/C=Nc1ccc([N+](=O)[O-])cc1[N+](=O)[O-])=C\NO. The zero-order valence-electron chi connectivity index (χ0n) is 11.0. The summed E-state index contributed by atoms with van der Waals surface area (Å²) in [5.41, 5.74) is 1.75. The molecule has 1 rings (SSSR count). The molecule has 0 heterocycles. The molecule has 21 heavy (non-hydrogen) atoms. The lowest BCUT2D eigenvalue weighted by atomic mass is 10.2. The molecule has 0 fully saturated rings. The second-order valence-corrected chi connectivity index (χ2v) is 3.84. The van der Waals surface area contributed by atoms with Crippen LogP contribution in [0, 0.1) is 20.2 Å². The number of benzene rings is 1. The van der Waals surface area contributed by atoms with Crippen molar-refractivity contribution >= 4 is 23.3 Å². The highest BCUT2D eigenvalue weighted by atomic mass is 16.6. The molecule has 0 radical (unpaired) electrons. The van der Waals surface area contributed by atoms with Crippen molar-refractivity contribution in [3.8, 4) is 0 Å². The van der Waals surface area contributed by atoms with E-state index in [9.17, 15) is 20.2 Å². The molecule has 0 saturated heterocycles. The Kier molecular flexibility index (Phi) is 5.71. The van der Waals surface area contributed by atoms with E-state index in [-0.39, 0.29) is 11.4 Å². The summed E-state index contributed by atoms with van der Waals surface area (Å²) in [7, 11) is 0. The van der Waals surface area contributed by atoms with Gasteiger partial charge in [0.1, 0.15) is 5.69 Å². The van der Waals surface area contributed by atoms with Gasteiger partial charge in [0.05, 0.1) is 15.9 Å². The maximum atomic E-state index is 10.9. The molecular formula is C12H12N4O5. The van der Waals surface area contributed by atoms with Crippen LogP contribution in [-0.2, 0) is 0 Å². The molecule has 0 bridgehead atoms. The zero-order chi connectivity index (χ0) is 15.8. The van der Waals surface area contributed by atoms with Crippen molar-refractivity contribution in [3.63, 3.8) is 0 Å². The minimum absolute atomic E-state index is 0.0113. The third-order valence-electron chi connectivity index (χ3n) is 2.32. The minimum Gasteiger partial charge on any atom is -0.292 e. The largest absolute Gasteiger partial charge is 0.301 e. The van der Waals surface area contributed by atoms with Crippen molar-refractivity contribution in [3.05, 3.63) is 62.4 Å². The Morgan fingerprint density at radius 1 is 1.33 bits per heavy atom. The average Bonchev–Trinajstić information content (AvgIpc) is 2.43. The molecular weight excluding hydrogens is 280 g/mol. The van der Waals surface area contributed by atoms with E-state index in [0.717, 1.165) is 12.1 Å².